The molecule has 0 bridgehead atoms. The second-order valence-electron chi connectivity index (χ2n) is 5.91. The smallest absolute Gasteiger partial charge is 0.328 e. The third-order valence-corrected chi connectivity index (χ3v) is 4.16. The lowest BCUT2D eigenvalue weighted by Crippen LogP contribution is -2.38. The van der Waals surface area contributed by atoms with Gasteiger partial charge in [0.15, 0.2) is 0 Å². The maximum Gasteiger partial charge on any atom is 0.328 e. The molecule has 1 aromatic heterocycles. The van der Waals surface area contributed by atoms with Crippen molar-refractivity contribution >= 4 is 28.4 Å². The molecule has 0 saturated carbocycles. The molecule has 0 aliphatic heterocycles. The van der Waals surface area contributed by atoms with Crippen LogP contribution < -0.4 is 10.2 Å². The summed E-state index contributed by atoms with van der Waals surface area (Å²) in [4.78, 5) is 14.3. The standard InChI is InChI=1S/C16H23N5OS/c1-6-17-15(22)21(16-18-19-20-23-16)14-12(10(2)3)8-7-9-13(14)11(4)5/h7-11H,6H2,1-5H3,(H,17,22). The van der Waals surface area contributed by atoms with Crippen molar-refractivity contribution < 1.29 is 4.79 Å². The summed E-state index contributed by atoms with van der Waals surface area (Å²) in [5.74, 6) is 0.558. The number of benzene rings is 1. The van der Waals surface area contributed by atoms with Gasteiger partial charge >= 0.3 is 6.03 Å². The van der Waals surface area contributed by atoms with Gasteiger partial charge in [0.25, 0.3) is 0 Å². The number of para-hydroxylation sites is 1. The lowest BCUT2D eigenvalue weighted by Gasteiger charge is -2.27. The molecule has 0 aliphatic rings. The van der Waals surface area contributed by atoms with Gasteiger partial charge in [-0.2, -0.15) is 0 Å². The number of nitrogens with zero attached hydrogens (tertiary/aromatic N) is 4. The maximum absolute atomic E-state index is 12.7. The monoisotopic (exact) mass is 333 g/mol. The Morgan fingerprint density at radius 1 is 1.22 bits per heavy atom. The molecule has 0 saturated heterocycles. The average molecular weight is 333 g/mol. The van der Waals surface area contributed by atoms with Crippen LogP contribution in [0.5, 0.6) is 0 Å². The van der Waals surface area contributed by atoms with E-state index in [1.165, 1.54) is 0 Å². The van der Waals surface area contributed by atoms with Crippen LogP contribution in [-0.2, 0) is 0 Å². The summed E-state index contributed by atoms with van der Waals surface area (Å²) in [6, 6.07) is 5.96. The molecule has 1 N–H and O–H groups in total. The van der Waals surface area contributed by atoms with Crippen LogP contribution in [0, 0.1) is 0 Å². The van der Waals surface area contributed by atoms with E-state index in [4.69, 9.17) is 0 Å². The van der Waals surface area contributed by atoms with Crippen molar-refractivity contribution in [2.24, 2.45) is 0 Å². The van der Waals surface area contributed by atoms with E-state index in [-0.39, 0.29) is 17.9 Å². The molecule has 0 radical (unpaired) electrons. The predicted octanol–water partition coefficient (Wildman–Crippen LogP) is 4.05. The van der Waals surface area contributed by atoms with Gasteiger partial charge in [0.05, 0.1) is 5.69 Å². The van der Waals surface area contributed by atoms with Gasteiger partial charge in [0.1, 0.15) is 0 Å². The van der Waals surface area contributed by atoms with Crippen LogP contribution in [0.25, 0.3) is 0 Å². The van der Waals surface area contributed by atoms with Gasteiger partial charge in [-0.1, -0.05) is 55.5 Å². The van der Waals surface area contributed by atoms with Gasteiger partial charge in [-0.15, -0.1) is 0 Å². The van der Waals surface area contributed by atoms with Crippen LogP contribution in [0.3, 0.4) is 0 Å². The number of aromatic nitrogens is 3. The quantitative estimate of drug-likeness (QED) is 0.896. The Balaban J connectivity index is 2.68. The van der Waals surface area contributed by atoms with Crippen molar-refractivity contribution in [1.29, 1.82) is 0 Å². The molecule has 2 amide bonds. The summed E-state index contributed by atoms with van der Waals surface area (Å²) in [5, 5.41) is 11.0. The molecule has 6 nitrogen and oxygen atoms in total. The molecule has 0 aliphatic carbocycles. The highest BCUT2D eigenvalue weighted by molar-refractivity contribution is 7.09. The highest BCUT2D eigenvalue weighted by Crippen LogP contribution is 2.39. The van der Waals surface area contributed by atoms with E-state index in [1.54, 1.807) is 4.90 Å². The van der Waals surface area contributed by atoms with E-state index in [0.717, 1.165) is 28.3 Å². The summed E-state index contributed by atoms with van der Waals surface area (Å²) in [5.41, 5.74) is 3.11. The Kier molecular flexibility index (Phi) is 5.65. The largest absolute Gasteiger partial charge is 0.338 e. The summed E-state index contributed by atoms with van der Waals surface area (Å²) < 4.78 is 3.82. The molecule has 2 rings (SSSR count). The molecular weight excluding hydrogens is 310 g/mol. The van der Waals surface area contributed by atoms with Gasteiger partial charge in [0.2, 0.25) is 5.13 Å². The zero-order valence-corrected chi connectivity index (χ0v) is 15.0. The Bertz CT molecular complexity index is 628. The highest BCUT2D eigenvalue weighted by Gasteiger charge is 2.27. The van der Waals surface area contributed by atoms with E-state index in [1.807, 2.05) is 13.0 Å². The third kappa shape index (κ3) is 3.67. The second kappa shape index (κ2) is 7.50. The fraction of sp³-hybridized carbons (Fsp3) is 0.500. The Labute approximate surface area is 141 Å². The molecule has 0 atom stereocenters. The normalized spacial score (nSPS) is 11.1. The van der Waals surface area contributed by atoms with Gasteiger partial charge in [-0.25, -0.2) is 9.69 Å². The molecule has 0 unspecified atom stereocenters. The molecular formula is C16H23N5OS. The molecule has 1 heterocycles. The van der Waals surface area contributed by atoms with Crippen LogP contribution in [0.2, 0.25) is 0 Å². The fourth-order valence-corrected chi connectivity index (χ4v) is 2.97. The molecule has 0 spiro atoms. The first kappa shape index (κ1) is 17.3. The minimum absolute atomic E-state index is 0.207. The van der Waals surface area contributed by atoms with E-state index in [0.29, 0.717) is 11.7 Å². The summed E-state index contributed by atoms with van der Waals surface area (Å²) in [6.07, 6.45) is 0. The molecule has 1 aromatic carbocycles. The van der Waals surface area contributed by atoms with E-state index in [2.05, 4.69) is 59.9 Å². The van der Waals surface area contributed by atoms with Gasteiger partial charge in [-0.05, 0) is 35.1 Å². The Morgan fingerprint density at radius 2 is 1.83 bits per heavy atom. The second-order valence-corrected chi connectivity index (χ2v) is 6.62. The Morgan fingerprint density at radius 3 is 2.26 bits per heavy atom. The maximum atomic E-state index is 12.7. The van der Waals surface area contributed by atoms with Gasteiger partial charge < -0.3 is 5.32 Å². The summed E-state index contributed by atoms with van der Waals surface area (Å²) in [6.45, 7) is 10.9. The predicted molar refractivity (Wildman–Crippen MR) is 93.5 cm³/mol. The number of hydrogen-bond donors (Lipinski definition) is 1. The average Bonchev–Trinajstić information content (AvgIpc) is 3.01. The SMILES string of the molecule is CCNC(=O)N(c1nnns1)c1c(C(C)C)cccc1C(C)C. The summed E-state index contributed by atoms with van der Waals surface area (Å²) in [7, 11) is 0. The van der Waals surface area contributed by atoms with E-state index >= 15 is 0 Å². The Hall–Kier alpha value is -2.02. The molecule has 2 aromatic rings. The molecule has 124 valence electrons. The number of urea groups is 1. The van der Waals surface area contributed by atoms with Crippen LogP contribution in [0.4, 0.5) is 15.6 Å². The number of rotatable bonds is 5. The van der Waals surface area contributed by atoms with Crippen molar-refractivity contribution in [3.8, 4) is 0 Å². The number of hydrogen-bond acceptors (Lipinski definition) is 5. The number of carbonyl (C=O) groups is 1. The number of nitrogens with one attached hydrogen (secondary N) is 1. The van der Waals surface area contributed by atoms with E-state index < -0.39 is 0 Å². The fourth-order valence-electron chi connectivity index (χ4n) is 2.50. The number of anilines is 2. The molecule has 7 heteroatoms. The zero-order chi connectivity index (χ0) is 17.0. The van der Waals surface area contributed by atoms with Crippen molar-refractivity contribution in [3.05, 3.63) is 29.3 Å². The summed E-state index contributed by atoms with van der Waals surface area (Å²) >= 11 is 1.11. The minimum Gasteiger partial charge on any atom is -0.338 e. The van der Waals surface area contributed by atoms with Gasteiger partial charge in [-0.3, -0.25) is 0 Å². The van der Waals surface area contributed by atoms with Gasteiger partial charge in [0, 0.05) is 18.1 Å². The zero-order valence-electron chi connectivity index (χ0n) is 14.2. The van der Waals surface area contributed by atoms with Crippen LogP contribution >= 0.6 is 11.5 Å². The first-order chi connectivity index (χ1) is 11.0. The van der Waals surface area contributed by atoms with Crippen LogP contribution in [0.15, 0.2) is 18.2 Å². The van der Waals surface area contributed by atoms with E-state index in [9.17, 15) is 4.79 Å². The minimum atomic E-state index is -0.207. The van der Waals surface area contributed by atoms with Crippen molar-refractivity contribution in [1.82, 2.24) is 20.1 Å². The van der Waals surface area contributed by atoms with Crippen molar-refractivity contribution in [2.75, 3.05) is 11.4 Å². The lowest BCUT2D eigenvalue weighted by atomic mass is 9.92. The van der Waals surface area contributed by atoms with Crippen molar-refractivity contribution in [3.63, 3.8) is 0 Å². The van der Waals surface area contributed by atoms with Crippen LogP contribution in [-0.4, -0.2) is 27.4 Å². The highest BCUT2D eigenvalue weighted by atomic mass is 32.1. The molecule has 0 fully saturated rings. The first-order valence-electron chi connectivity index (χ1n) is 7.83. The van der Waals surface area contributed by atoms with Crippen molar-refractivity contribution in [2.45, 2.75) is 46.5 Å². The number of amides is 2. The third-order valence-electron chi connectivity index (χ3n) is 3.58. The number of carbonyl (C=O) groups excluding carboxylic acids is 1. The van der Waals surface area contributed by atoms with Crippen LogP contribution in [0.1, 0.15) is 57.6 Å². The topological polar surface area (TPSA) is 71.0 Å². The first-order valence-corrected chi connectivity index (χ1v) is 8.60. The molecule has 23 heavy (non-hydrogen) atoms. The lowest BCUT2D eigenvalue weighted by molar-refractivity contribution is 0.249.